The molecule has 0 bridgehead atoms. The molecule has 0 unspecified atom stereocenters. The van der Waals surface area contributed by atoms with Crippen LogP contribution in [0.2, 0.25) is 0 Å². The Labute approximate surface area is 160 Å². The molecule has 2 aliphatic heterocycles. The lowest BCUT2D eigenvalue weighted by molar-refractivity contribution is -0.117. The summed E-state index contributed by atoms with van der Waals surface area (Å²) < 4.78 is 18.6. The number of hydrogen-bond acceptors (Lipinski definition) is 4. The van der Waals surface area contributed by atoms with Crippen molar-refractivity contribution < 1.29 is 13.9 Å². The van der Waals surface area contributed by atoms with E-state index in [9.17, 15) is 9.18 Å². The van der Waals surface area contributed by atoms with Crippen LogP contribution in [0.3, 0.4) is 0 Å². The van der Waals surface area contributed by atoms with Gasteiger partial charge in [-0.3, -0.25) is 4.79 Å². The Morgan fingerprint density at radius 2 is 2.00 bits per heavy atom. The Bertz CT molecular complexity index is 1030. The molecule has 0 saturated carbocycles. The molecule has 0 spiro atoms. The fourth-order valence-electron chi connectivity index (χ4n) is 3.81. The monoisotopic (exact) mass is 380 g/mol. The second-order valence-corrected chi connectivity index (χ2v) is 7.78. The van der Waals surface area contributed by atoms with E-state index < -0.39 is 0 Å². The van der Waals surface area contributed by atoms with Crippen molar-refractivity contribution in [2.45, 2.75) is 25.9 Å². The molecule has 0 N–H and O–H groups in total. The van der Waals surface area contributed by atoms with Crippen LogP contribution in [0.4, 0.5) is 10.1 Å². The minimum absolute atomic E-state index is 0.203. The fourth-order valence-corrected chi connectivity index (χ4v) is 4.53. The number of benzene rings is 2. The Morgan fingerprint density at radius 1 is 1.19 bits per heavy atom. The van der Waals surface area contributed by atoms with E-state index in [-0.39, 0.29) is 11.7 Å². The van der Waals surface area contributed by atoms with Crippen molar-refractivity contribution in [2.24, 2.45) is 0 Å². The number of carbonyl (C=O) groups is 1. The van der Waals surface area contributed by atoms with Crippen LogP contribution in [-0.4, -0.2) is 17.4 Å². The van der Waals surface area contributed by atoms with Gasteiger partial charge >= 0.3 is 0 Å². The molecule has 0 radical (unpaired) electrons. The maximum atomic E-state index is 13.0. The van der Waals surface area contributed by atoms with Crippen LogP contribution in [-0.2, 0) is 24.2 Å². The van der Waals surface area contributed by atoms with Crippen molar-refractivity contribution in [3.05, 3.63) is 63.7 Å². The van der Waals surface area contributed by atoms with Crippen LogP contribution in [0.1, 0.15) is 22.6 Å². The first-order valence-corrected chi connectivity index (χ1v) is 9.84. The van der Waals surface area contributed by atoms with Gasteiger partial charge in [-0.15, -0.1) is 11.3 Å². The molecule has 5 rings (SSSR count). The van der Waals surface area contributed by atoms with Gasteiger partial charge < -0.3 is 9.64 Å². The average molecular weight is 380 g/mol. The maximum absolute atomic E-state index is 13.0. The molecule has 136 valence electrons. The summed E-state index contributed by atoms with van der Waals surface area (Å²) >= 11 is 1.54. The normalized spacial score (nSPS) is 15.1. The number of rotatable bonds is 4. The molecule has 1 amide bonds. The van der Waals surface area contributed by atoms with Crippen molar-refractivity contribution in [2.75, 3.05) is 11.4 Å². The molecule has 0 aliphatic carbocycles. The number of anilines is 1. The lowest BCUT2D eigenvalue weighted by Crippen LogP contribution is -2.31. The number of hydrogen-bond donors (Lipinski definition) is 0. The highest BCUT2D eigenvalue weighted by Gasteiger charge is 2.32. The van der Waals surface area contributed by atoms with Crippen LogP contribution < -0.4 is 9.64 Å². The Morgan fingerprint density at radius 3 is 2.85 bits per heavy atom. The first kappa shape index (κ1) is 16.4. The highest BCUT2D eigenvalue weighted by atomic mass is 32.1. The summed E-state index contributed by atoms with van der Waals surface area (Å²) in [5.41, 5.74) is 5.46. The zero-order valence-electron chi connectivity index (χ0n) is 14.6. The molecule has 27 heavy (non-hydrogen) atoms. The molecule has 2 aromatic carbocycles. The van der Waals surface area contributed by atoms with Crippen molar-refractivity contribution >= 4 is 22.9 Å². The van der Waals surface area contributed by atoms with Gasteiger partial charge in [0, 0.05) is 17.5 Å². The third-order valence-corrected chi connectivity index (χ3v) is 5.85. The van der Waals surface area contributed by atoms with Crippen LogP contribution in [0.25, 0.3) is 11.3 Å². The summed E-state index contributed by atoms with van der Waals surface area (Å²) in [6.07, 6.45) is 2.50. The molecule has 6 heteroatoms. The van der Waals surface area contributed by atoms with E-state index in [1.54, 1.807) is 23.5 Å². The molecular weight excluding hydrogens is 363 g/mol. The van der Waals surface area contributed by atoms with Crippen molar-refractivity contribution in [3.63, 3.8) is 0 Å². The molecule has 3 aromatic rings. The first-order valence-electron chi connectivity index (χ1n) is 8.97. The average Bonchev–Trinajstić information content (AvgIpc) is 3.27. The number of aromatic nitrogens is 1. The number of thiazole rings is 1. The van der Waals surface area contributed by atoms with Crippen LogP contribution in [0, 0.1) is 5.82 Å². The molecule has 0 saturated heterocycles. The lowest BCUT2D eigenvalue weighted by Gasteiger charge is -2.25. The molecular formula is C21H17FN2O2S. The number of ether oxygens (including phenoxy) is 1. The maximum Gasteiger partial charge on any atom is 0.231 e. The second kappa shape index (κ2) is 6.46. The zero-order valence-corrected chi connectivity index (χ0v) is 15.4. The second-order valence-electron chi connectivity index (χ2n) is 6.84. The number of carbonyl (C=O) groups excluding carboxylic acids is 1. The molecule has 4 nitrogen and oxygen atoms in total. The highest BCUT2D eigenvalue weighted by Crippen LogP contribution is 2.40. The van der Waals surface area contributed by atoms with E-state index in [0.717, 1.165) is 46.9 Å². The minimum Gasteiger partial charge on any atom is -0.486 e. The Kier molecular flexibility index (Phi) is 3.93. The third-order valence-electron chi connectivity index (χ3n) is 5.03. The molecule has 0 fully saturated rings. The SMILES string of the molecule is O=C1Cc2cc(-c3csc(COc4ccc(F)cc4)n3)cc3c2N1CCC3. The van der Waals surface area contributed by atoms with Gasteiger partial charge in [0.2, 0.25) is 5.91 Å². The highest BCUT2D eigenvalue weighted by molar-refractivity contribution is 7.09. The van der Waals surface area contributed by atoms with E-state index >= 15 is 0 Å². The predicted molar refractivity (Wildman–Crippen MR) is 103 cm³/mol. The zero-order chi connectivity index (χ0) is 18.4. The minimum atomic E-state index is -0.281. The number of amides is 1. The topological polar surface area (TPSA) is 42.4 Å². The summed E-state index contributed by atoms with van der Waals surface area (Å²) in [6, 6.07) is 10.2. The number of aryl methyl sites for hydroxylation is 1. The van der Waals surface area contributed by atoms with Gasteiger partial charge in [0.1, 0.15) is 23.2 Å². The van der Waals surface area contributed by atoms with Crippen molar-refractivity contribution in [1.82, 2.24) is 4.98 Å². The van der Waals surface area contributed by atoms with Crippen molar-refractivity contribution in [3.8, 4) is 17.0 Å². The standard InChI is InChI=1S/C21H17FN2O2S/c22-16-3-5-17(6-4-16)26-11-19-23-18(12-27-19)14-8-13-2-1-7-24-20(25)10-15(9-14)21(13)24/h3-6,8-9,12H,1-2,7,10-11H2. The van der Waals surface area contributed by atoms with Crippen LogP contribution in [0.5, 0.6) is 5.75 Å². The smallest absolute Gasteiger partial charge is 0.231 e. The fraction of sp³-hybridized carbons (Fsp3) is 0.238. The Hall–Kier alpha value is -2.73. The van der Waals surface area contributed by atoms with Gasteiger partial charge in [0.05, 0.1) is 17.8 Å². The van der Waals surface area contributed by atoms with Gasteiger partial charge in [0.15, 0.2) is 0 Å². The summed E-state index contributed by atoms with van der Waals surface area (Å²) in [7, 11) is 0. The van der Waals surface area contributed by atoms with E-state index in [1.807, 2.05) is 10.3 Å². The van der Waals surface area contributed by atoms with Crippen LogP contribution >= 0.6 is 11.3 Å². The predicted octanol–water partition coefficient (Wildman–Crippen LogP) is 4.36. The van der Waals surface area contributed by atoms with Gasteiger partial charge in [-0.1, -0.05) is 0 Å². The summed E-state index contributed by atoms with van der Waals surface area (Å²) in [5.74, 6) is 0.542. The largest absolute Gasteiger partial charge is 0.486 e. The summed E-state index contributed by atoms with van der Waals surface area (Å²) in [5, 5.41) is 2.89. The van der Waals surface area contributed by atoms with E-state index in [1.165, 1.54) is 17.7 Å². The van der Waals surface area contributed by atoms with E-state index in [2.05, 4.69) is 12.1 Å². The van der Waals surface area contributed by atoms with E-state index in [0.29, 0.717) is 18.8 Å². The lowest BCUT2D eigenvalue weighted by atomic mass is 9.96. The van der Waals surface area contributed by atoms with Gasteiger partial charge in [0.25, 0.3) is 0 Å². The summed E-state index contributed by atoms with van der Waals surface area (Å²) in [6.45, 7) is 1.18. The number of nitrogens with zero attached hydrogens (tertiary/aromatic N) is 2. The number of halogens is 1. The third kappa shape index (κ3) is 3.00. The van der Waals surface area contributed by atoms with Gasteiger partial charge in [-0.05, 0) is 60.4 Å². The van der Waals surface area contributed by atoms with Gasteiger partial charge in [-0.25, -0.2) is 9.37 Å². The van der Waals surface area contributed by atoms with Crippen LogP contribution in [0.15, 0.2) is 41.8 Å². The molecule has 2 aliphatic rings. The van der Waals surface area contributed by atoms with Gasteiger partial charge in [-0.2, -0.15) is 0 Å². The molecule has 0 atom stereocenters. The summed E-state index contributed by atoms with van der Waals surface area (Å²) in [4.78, 5) is 18.8. The Balaban J connectivity index is 1.38. The molecule has 3 heterocycles. The van der Waals surface area contributed by atoms with E-state index in [4.69, 9.17) is 9.72 Å². The quantitative estimate of drug-likeness (QED) is 0.675. The molecule has 1 aromatic heterocycles. The first-order chi connectivity index (χ1) is 13.2. The van der Waals surface area contributed by atoms with Crippen molar-refractivity contribution in [1.29, 1.82) is 0 Å².